The Morgan fingerprint density at radius 3 is 2.55 bits per heavy atom. The van der Waals surface area contributed by atoms with E-state index in [1.807, 2.05) is 12.1 Å². The Kier molecular flexibility index (Phi) is 6.71. The number of carbonyl (C=O) groups excluding carboxylic acids is 3. The summed E-state index contributed by atoms with van der Waals surface area (Å²) in [5, 5.41) is 5.49. The minimum Gasteiger partial charge on any atom is -0.356 e. The Balaban J connectivity index is 1.30. The number of carbonyl (C=O) groups is 3. The third kappa shape index (κ3) is 5.35. The van der Waals surface area contributed by atoms with Crippen LogP contribution in [0.2, 0.25) is 0 Å². The van der Waals surface area contributed by atoms with Gasteiger partial charge in [0.25, 0.3) is 5.24 Å². The van der Waals surface area contributed by atoms with Gasteiger partial charge in [0.05, 0.1) is 12.3 Å². The number of hydrogen-bond acceptors (Lipinski definition) is 6. The van der Waals surface area contributed by atoms with Gasteiger partial charge in [-0.25, -0.2) is 9.78 Å². The van der Waals surface area contributed by atoms with Gasteiger partial charge in [0.1, 0.15) is 5.82 Å². The number of piperidine rings is 1. The maximum Gasteiger partial charge on any atom is 0.319 e. The van der Waals surface area contributed by atoms with Gasteiger partial charge in [-0.2, -0.15) is 0 Å². The van der Waals surface area contributed by atoms with Crippen LogP contribution in [0.3, 0.4) is 0 Å². The Morgan fingerprint density at radius 2 is 1.84 bits per heavy atom. The number of pyridine rings is 1. The van der Waals surface area contributed by atoms with Crippen molar-refractivity contribution in [2.45, 2.75) is 32.4 Å². The smallest absolute Gasteiger partial charge is 0.319 e. The Bertz CT molecular complexity index is 944. The molecule has 0 radical (unpaired) electrons. The molecule has 4 amide bonds. The number of benzene rings is 1. The van der Waals surface area contributed by atoms with E-state index >= 15 is 0 Å². The summed E-state index contributed by atoms with van der Waals surface area (Å²) < 4.78 is 0. The van der Waals surface area contributed by atoms with Crippen molar-refractivity contribution in [1.82, 2.24) is 15.2 Å². The predicted molar refractivity (Wildman–Crippen MR) is 121 cm³/mol. The molecule has 0 bridgehead atoms. The molecule has 2 aliphatic rings. The van der Waals surface area contributed by atoms with E-state index < -0.39 is 0 Å². The fourth-order valence-electron chi connectivity index (χ4n) is 3.72. The van der Waals surface area contributed by atoms with E-state index in [2.05, 4.69) is 20.5 Å². The van der Waals surface area contributed by atoms with Gasteiger partial charge >= 0.3 is 6.03 Å². The molecule has 0 saturated carbocycles. The zero-order valence-electron chi connectivity index (χ0n) is 17.2. The Hall–Kier alpha value is -3.07. The molecular weight excluding hydrogens is 414 g/mol. The standard InChI is InChI=1S/C22H25N5O3S/c28-19-15-31-22(30)27(19)14-16-6-8-18(9-7-16)25-21(29)24-13-17-5-4-10-23-20(17)26-11-2-1-3-12-26/h4-10H,1-3,11-15H2,(H2,24,25,29). The number of anilines is 2. The van der Waals surface area contributed by atoms with E-state index in [4.69, 9.17) is 0 Å². The van der Waals surface area contributed by atoms with Gasteiger partial charge in [0, 0.05) is 37.1 Å². The molecule has 2 N–H and O–H groups in total. The van der Waals surface area contributed by atoms with Crippen LogP contribution < -0.4 is 15.5 Å². The van der Waals surface area contributed by atoms with Crippen LogP contribution in [0.1, 0.15) is 30.4 Å². The molecule has 0 unspecified atom stereocenters. The highest BCUT2D eigenvalue weighted by Gasteiger charge is 2.29. The maximum absolute atomic E-state index is 12.4. The third-order valence-corrected chi connectivity index (χ3v) is 6.21. The van der Waals surface area contributed by atoms with Crippen LogP contribution in [-0.2, 0) is 17.9 Å². The SMILES string of the molecule is O=C(NCc1cccnc1N1CCCCC1)Nc1ccc(CN2C(=O)CSC2=O)cc1. The number of amides is 4. The molecule has 2 aromatic rings. The molecule has 162 valence electrons. The molecule has 0 atom stereocenters. The number of urea groups is 1. The summed E-state index contributed by atoms with van der Waals surface area (Å²) in [5.41, 5.74) is 2.46. The van der Waals surface area contributed by atoms with Crippen molar-refractivity contribution in [3.05, 3.63) is 53.7 Å². The zero-order chi connectivity index (χ0) is 21.6. The predicted octanol–water partition coefficient (Wildman–Crippen LogP) is 3.59. The van der Waals surface area contributed by atoms with Gasteiger partial charge in [0.15, 0.2) is 0 Å². The zero-order valence-corrected chi connectivity index (χ0v) is 18.0. The molecule has 0 aliphatic carbocycles. The van der Waals surface area contributed by atoms with Gasteiger partial charge in [-0.15, -0.1) is 0 Å². The van der Waals surface area contributed by atoms with Crippen LogP contribution in [0.15, 0.2) is 42.6 Å². The van der Waals surface area contributed by atoms with Crippen LogP contribution >= 0.6 is 11.8 Å². The molecule has 2 aliphatic heterocycles. The lowest BCUT2D eigenvalue weighted by Gasteiger charge is -2.29. The molecule has 1 aromatic heterocycles. The summed E-state index contributed by atoms with van der Waals surface area (Å²) in [6.45, 7) is 2.63. The highest BCUT2D eigenvalue weighted by Crippen LogP contribution is 2.23. The van der Waals surface area contributed by atoms with Crippen molar-refractivity contribution in [3.8, 4) is 0 Å². The number of imide groups is 1. The number of thioether (sulfide) groups is 1. The van der Waals surface area contributed by atoms with E-state index in [-0.39, 0.29) is 29.5 Å². The van der Waals surface area contributed by atoms with Crippen LogP contribution in [0.5, 0.6) is 0 Å². The summed E-state index contributed by atoms with van der Waals surface area (Å²) in [7, 11) is 0. The van der Waals surface area contributed by atoms with Gasteiger partial charge in [-0.1, -0.05) is 30.0 Å². The van der Waals surface area contributed by atoms with Crippen LogP contribution in [0.25, 0.3) is 0 Å². The van der Waals surface area contributed by atoms with Crippen molar-refractivity contribution in [3.63, 3.8) is 0 Å². The highest BCUT2D eigenvalue weighted by molar-refractivity contribution is 8.14. The average molecular weight is 440 g/mol. The van der Waals surface area contributed by atoms with E-state index in [0.29, 0.717) is 12.2 Å². The molecule has 8 nitrogen and oxygen atoms in total. The fourth-order valence-corrected chi connectivity index (χ4v) is 4.44. The van der Waals surface area contributed by atoms with Crippen molar-refractivity contribution in [1.29, 1.82) is 0 Å². The minimum atomic E-state index is -0.303. The monoisotopic (exact) mass is 439 g/mol. The van der Waals surface area contributed by atoms with Crippen LogP contribution in [0.4, 0.5) is 21.1 Å². The number of hydrogen-bond donors (Lipinski definition) is 2. The van der Waals surface area contributed by atoms with E-state index in [1.54, 1.807) is 30.5 Å². The van der Waals surface area contributed by atoms with Crippen LogP contribution in [0, 0.1) is 0 Å². The Morgan fingerprint density at radius 1 is 1.06 bits per heavy atom. The van der Waals surface area contributed by atoms with Crippen LogP contribution in [-0.4, -0.2) is 45.9 Å². The summed E-state index contributed by atoms with van der Waals surface area (Å²) >= 11 is 1.02. The van der Waals surface area contributed by atoms with Gasteiger partial charge in [-0.3, -0.25) is 14.5 Å². The largest absolute Gasteiger partial charge is 0.356 e. The molecule has 9 heteroatoms. The highest BCUT2D eigenvalue weighted by atomic mass is 32.2. The summed E-state index contributed by atoms with van der Waals surface area (Å²) in [6.07, 6.45) is 5.37. The topological polar surface area (TPSA) is 94.6 Å². The molecular formula is C22H25N5O3S. The first-order valence-electron chi connectivity index (χ1n) is 10.4. The van der Waals surface area contributed by atoms with E-state index in [0.717, 1.165) is 41.8 Å². The number of rotatable bonds is 6. The Labute approximate surface area is 185 Å². The minimum absolute atomic E-state index is 0.170. The van der Waals surface area contributed by atoms with Gasteiger partial charge in [0.2, 0.25) is 5.91 Å². The average Bonchev–Trinajstić information content (AvgIpc) is 3.12. The van der Waals surface area contributed by atoms with E-state index in [9.17, 15) is 14.4 Å². The number of nitrogens with zero attached hydrogens (tertiary/aromatic N) is 3. The second kappa shape index (κ2) is 9.82. The molecule has 4 rings (SSSR count). The molecule has 1 aromatic carbocycles. The van der Waals surface area contributed by atoms with Crippen molar-refractivity contribution < 1.29 is 14.4 Å². The summed E-state index contributed by atoms with van der Waals surface area (Å²) in [4.78, 5) is 43.9. The second-order valence-electron chi connectivity index (χ2n) is 7.57. The normalized spacial score (nSPS) is 16.5. The van der Waals surface area contributed by atoms with Gasteiger partial charge < -0.3 is 15.5 Å². The quantitative estimate of drug-likeness (QED) is 0.714. The summed E-state index contributed by atoms with van der Waals surface area (Å²) in [5.74, 6) is 0.974. The van der Waals surface area contributed by atoms with Crippen molar-refractivity contribution in [2.75, 3.05) is 29.1 Å². The fraction of sp³-hybridized carbons (Fsp3) is 0.364. The van der Waals surface area contributed by atoms with E-state index in [1.165, 1.54) is 24.2 Å². The lowest BCUT2D eigenvalue weighted by atomic mass is 10.1. The molecule has 0 spiro atoms. The number of nitrogens with one attached hydrogen (secondary N) is 2. The molecule has 31 heavy (non-hydrogen) atoms. The van der Waals surface area contributed by atoms with Gasteiger partial charge in [-0.05, 0) is 43.0 Å². The lowest BCUT2D eigenvalue weighted by molar-refractivity contribution is -0.125. The third-order valence-electron chi connectivity index (χ3n) is 5.36. The number of aromatic nitrogens is 1. The lowest BCUT2D eigenvalue weighted by Crippen LogP contribution is -2.33. The maximum atomic E-state index is 12.4. The second-order valence-corrected chi connectivity index (χ2v) is 8.50. The first-order valence-corrected chi connectivity index (χ1v) is 11.4. The molecule has 2 fully saturated rings. The summed E-state index contributed by atoms with van der Waals surface area (Å²) in [6, 6.07) is 10.7. The molecule has 2 saturated heterocycles. The molecule has 3 heterocycles. The first-order chi connectivity index (χ1) is 15.1. The van der Waals surface area contributed by atoms with Crippen molar-refractivity contribution >= 4 is 40.4 Å². The van der Waals surface area contributed by atoms with Crippen molar-refractivity contribution in [2.24, 2.45) is 0 Å². The first kappa shape index (κ1) is 21.2.